The van der Waals surface area contributed by atoms with Crippen LogP contribution in [0.25, 0.3) is 0 Å². The Balaban J connectivity index is 2.90. The van der Waals surface area contributed by atoms with Gasteiger partial charge >= 0.3 is 12.1 Å². The molecule has 0 fully saturated rings. The van der Waals surface area contributed by atoms with E-state index in [0.717, 1.165) is 4.47 Å². The first kappa shape index (κ1) is 17.8. The van der Waals surface area contributed by atoms with E-state index in [1.807, 2.05) is 0 Å². The lowest BCUT2D eigenvalue weighted by Crippen LogP contribution is -2.38. The van der Waals surface area contributed by atoms with Gasteiger partial charge in [0.25, 0.3) is 0 Å². The molecule has 5 nitrogen and oxygen atoms in total. The minimum absolute atomic E-state index is 0.290. The van der Waals surface area contributed by atoms with Gasteiger partial charge < -0.3 is 14.8 Å². The van der Waals surface area contributed by atoms with Crippen molar-refractivity contribution in [2.45, 2.75) is 32.4 Å². The Hall–Kier alpha value is -1.27. The molecule has 1 aromatic carbocycles. The molecule has 0 saturated carbocycles. The van der Waals surface area contributed by atoms with E-state index in [1.54, 1.807) is 45.0 Å². The fourth-order valence-corrected chi connectivity index (χ4v) is 1.87. The lowest BCUT2D eigenvalue weighted by molar-refractivity contribution is -0.144. The van der Waals surface area contributed by atoms with E-state index in [4.69, 9.17) is 21.1 Å². The first-order chi connectivity index (χ1) is 9.73. The summed E-state index contributed by atoms with van der Waals surface area (Å²) in [4.78, 5) is 23.8. The number of amides is 1. The van der Waals surface area contributed by atoms with E-state index in [9.17, 15) is 9.59 Å². The third-order valence-corrected chi connectivity index (χ3v) is 2.93. The van der Waals surface area contributed by atoms with Crippen LogP contribution >= 0.6 is 27.5 Å². The Bertz CT molecular complexity index is 499. The maximum atomic E-state index is 11.9. The van der Waals surface area contributed by atoms with Gasteiger partial charge in [-0.1, -0.05) is 39.7 Å². The largest absolute Gasteiger partial charge is 0.448 e. The number of esters is 1. The monoisotopic (exact) mass is 377 g/mol. The van der Waals surface area contributed by atoms with Crippen LogP contribution in [0.1, 0.15) is 32.4 Å². The first-order valence-corrected chi connectivity index (χ1v) is 7.53. The van der Waals surface area contributed by atoms with E-state index < -0.39 is 23.7 Å². The number of alkyl halides is 1. The zero-order valence-electron chi connectivity index (χ0n) is 12.0. The molecule has 7 heteroatoms. The maximum absolute atomic E-state index is 11.9. The van der Waals surface area contributed by atoms with Crippen molar-refractivity contribution in [3.8, 4) is 0 Å². The molecule has 1 atom stereocenters. The number of hydrogen-bond donors (Lipinski definition) is 1. The summed E-state index contributed by atoms with van der Waals surface area (Å²) in [6.45, 7) is 5.20. The summed E-state index contributed by atoms with van der Waals surface area (Å²) in [5.41, 5.74) is -0.0933. The van der Waals surface area contributed by atoms with E-state index >= 15 is 0 Å². The highest BCUT2D eigenvalue weighted by atomic mass is 79.9. The molecule has 0 aromatic heterocycles. The summed E-state index contributed by atoms with van der Waals surface area (Å²) < 4.78 is 10.8. The quantitative estimate of drug-likeness (QED) is 0.640. The highest BCUT2D eigenvalue weighted by molar-refractivity contribution is 9.10. The Kier molecular flexibility index (Phi) is 6.48. The van der Waals surface area contributed by atoms with Crippen LogP contribution in [0.4, 0.5) is 4.79 Å². The molecule has 0 aliphatic rings. The Morgan fingerprint density at radius 1 is 1.29 bits per heavy atom. The summed E-state index contributed by atoms with van der Waals surface area (Å²) in [6, 6.07) is 5.64. The predicted molar refractivity (Wildman–Crippen MR) is 83.1 cm³/mol. The van der Waals surface area contributed by atoms with E-state index in [0.29, 0.717) is 5.56 Å². The van der Waals surface area contributed by atoms with E-state index in [2.05, 4.69) is 21.2 Å². The third-order valence-electron chi connectivity index (χ3n) is 2.30. The van der Waals surface area contributed by atoms with Crippen molar-refractivity contribution < 1.29 is 19.1 Å². The SMILES string of the molecule is CC(C)(C)OC(=O)NC(C(=O)OCCl)c1ccc(Br)cc1. The van der Waals surface area contributed by atoms with Crippen LogP contribution < -0.4 is 5.32 Å². The fraction of sp³-hybridized carbons (Fsp3) is 0.429. The minimum Gasteiger partial charge on any atom is -0.448 e. The van der Waals surface area contributed by atoms with Crippen molar-refractivity contribution in [3.63, 3.8) is 0 Å². The molecule has 21 heavy (non-hydrogen) atoms. The summed E-state index contributed by atoms with van der Waals surface area (Å²) >= 11 is 8.71. The molecule has 1 N–H and O–H groups in total. The molecule has 0 aliphatic heterocycles. The standard InChI is InChI=1S/C14H17BrClNO4/c1-14(2,3)21-13(19)17-11(12(18)20-8-16)9-4-6-10(15)7-5-9/h4-7,11H,8H2,1-3H3,(H,17,19). The van der Waals surface area contributed by atoms with Gasteiger partial charge in [-0.3, -0.25) is 0 Å². The van der Waals surface area contributed by atoms with Crippen molar-refractivity contribution in [3.05, 3.63) is 34.3 Å². The molecule has 1 rings (SSSR count). The molecule has 0 bridgehead atoms. The lowest BCUT2D eigenvalue weighted by Gasteiger charge is -2.23. The van der Waals surface area contributed by atoms with E-state index in [-0.39, 0.29) is 6.07 Å². The van der Waals surface area contributed by atoms with Gasteiger partial charge in [-0.15, -0.1) is 0 Å². The number of carbonyl (C=O) groups excluding carboxylic acids is 2. The average Bonchev–Trinajstić information content (AvgIpc) is 2.35. The van der Waals surface area contributed by atoms with Crippen molar-refractivity contribution in [1.29, 1.82) is 0 Å². The summed E-state index contributed by atoms with van der Waals surface area (Å²) in [5, 5.41) is 2.48. The van der Waals surface area contributed by atoms with Crippen LogP contribution in [0, 0.1) is 0 Å². The number of hydrogen-bond acceptors (Lipinski definition) is 4. The second-order valence-corrected chi connectivity index (χ2v) is 6.34. The first-order valence-electron chi connectivity index (χ1n) is 6.20. The molecule has 1 unspecified atom stereocenters. The molecule has 1 aromatic rings. The summed E-state index contributed by atoms with van der Waals surface area (Å²) in [5.74, 6) is -0.654. The number of halogens is 2. The van der Waals surface area contributed by atoms with Crippen LogP contribution in [0.5, 0.6) is 0 Å². The van der Waals surface area contributed by atoms with Gasteiger partial charge in [0.05, 0.1) is 0 Å². The lowest BCUT2D eigenvalue weighted by atomic mass is 10.1. The Morgan fingerprint density at radius 2 is 1.86 bits per heavy atom. The fourth-order valence-electron chi connectivity index (χ4n) is 1.50. The maximum Gasteiger partial charge on any atom is 0.408 e. The van der Waals surface area contributed by atoms with E-state index in [1.165, 1.54) is 0 Å². The molecular formula is C14H17BrClNO4. The number of rotatable bonds is 4. The van der Waals surface area contributed by atoms with Gasteiger partial charge in [0.2, 0.25) is 0 Å². The number of ether oxygens (including phenoxy) is 2. The molecule has 0 radical (unpaired) electrons. The van der Waals surface area contributed by atoms with Gasteiger partial charge in [0, 0.05) is 4.47 Å². The van der Waals surface area contributed by atoms with Crippen LogP contribution in [0.3, 0.4) is 0 Å². The van der Waals surface area contributed by atoms with Crippen LogP contribution in [-0.2, 0) is 14.3 Å². The predicted octanol–water partition coefficient (Wildman–Crippen LogP) is 3.75. The third kappa shape index (κ3) is 6.35. The smallest absolute Gasteiger partial charge is 0.408 e. The second-order valence-electron chi connectivity index (χ2n) is 5.20. The zero-order valence-corrected chi connectivity index (χ0v) is 14.3. The van der Waals surface area contributed by atoms with Gasteiger partial charge in [0.15, 0.2) is 12.1 Å². The molecule has 0 saturated heterocycles. The van der Waals surface area contributed by atoms with Crippen LogP contribution in [-0.4, -0.2) is 23.7 Å². The molecule has 1 amide bonds. The molecule has 0 heterocycles. The number of carbonyl (C=O) groups is 2. The number of alkyl carbamates (subject to hydrolysis) is 1. The second kappa shape index (κ2) is 7.66. The molecule has 116 valence electrons. The van der Waals surface area contributed by atoms with Gasteiger partial charge in [-0.05, 0) is 38.5 Å². The van der Waals surface area contributed by atoms with Gasteiger partial charge in [0.1, 0.15) is 5.60 Å². The van der Waals surface area contributed by atoms with Crippen molar-refractivity contribution in [1.82, 2.24) is 5.32 Å². The van der Waals surface area contributed by atoms with Crippen molar-refractivity contribution >= 4 is 39.6 Å². The van der Waals surface area contributed by atoms with Gasteiger partial charge in [-0.25, -0.2) is 9.59 Å². The zero-order chi connectivity index (χ0) is 16.0. The highest BCUT2D eigenvalue weighted by Crippen LogP contribution is 2.19. The minimum atomic E-state index is -0.980. The number of nitrogens with one attached hydrogen (secondary N) is 1. The summed E-state index contributed by atoms with van der Waals surface area (Å²) in [7, 11) is 0. The topological polar surface area (TPSA) is 64.6 Å². The average molecular weight is 379 g/mol. The summed E-state index contributed by atoms with van der Waals surface area (Å²) in [6.07, 6.45) is -0.707. The molecule has 0 aliphatic carbocycles. The molecule has 0 spiro atoms. The normalized spacial score (nSPS) is 12.4. The van der Waals surface area contributed by atoms with Crippen LogP contribution in [0.2, 0.25) is 0 Å². The van der Waals surface area contributed by atoms with Crippen molar-refractivity contribution in [2.24, 2.45) is 0 Å². The highest BCUT2D eigenvalue weighted by Gasteiger charge is 2.26. The number of benzene rings is 1. The van der Waals surface area contributed by atoms with Crippen LogP contribution in [0.15, 0.2) is 28.7 Å². The van der Waals surface area contributed by atoms with Crippen molar-refractivity contribution in [2.75, 3.05) is 6.07 Å². The Morgan fingerprint density at radius 3 is 2.33 bits per heavy atom. The molecular weight excluding hydrogens is 362 g/mol. The Labute approximate surface area is 137 Å². The van der Waals surface area contributed by atoms with Gasteiger partial charge in [-0.2, -0.15) is 0 Å².